The third-order valence-corrected chi connectivity index (χ3v) is 3.00. The molecule has 1 aromatic rings. The van der Waals surface area contributed by atoms with Crippen molar-refractivity contribution in [3.05, 3.63) is 33.9 Å². The van der Waals surface area contributed by atoms with Gasteiger partial charge in [0.25, 0.3) is 0 Å². The van der Waals surface area contributed by atoms with Crippen LogP contribution in [0.3, 0.4) is 0 Å². The summed E-state index contributed by atoms with van der Waals surface area (Å²) in [5.74, 6) is -1.00. The van der Waals surface area contributed by atoms with Crippen LogP contribution in [0.25, 0.3) is 0 Å². The van der Waals surface area contributed by atoms with Crippen LogP contribution in [0.15, 0.2) is 12.1 Å². The first-order valence-corrected chi connectivity index (χ1v) is 6.82. The van der Waals surface area contributed by atoms with E-state index >= 15 is 0 Å². The second-order valence-electron chi connectivity index (χ2n) is 3.67. The number of nitro benzene ring substituents is 1. The van der Waals surface area contributed by atoms with E-state index < -0.39 is 22.2 Å². The van der Waals surface area contributed by atoms with Gasteiger partial charge in [-0.15, -0.1) is 0 Å². The smallest absolute Gasteiger partial charge is 0.327 e. The zero-order chi connectivity index (χ0) is 13.5. The maximum atomic E-state index is 13.3. The standard InChI is InChI=1S/C11H14F2N2O2S/c1-18-5-3-2-4-14-10-7-8(12)6-9(13)11(10)15(16)17/h6-7,14H,2-5H2,1H3. The summed E-state index contributed by atoms with van der Waals surface area (Å²) in [6.45, 7) is 0.449. The fourth-order valence-electron chi connectivity index (χ4n) is 1.48. The van der Waals surface area contributed by atoms with E-state index in [0.717, 1.165) is 24.7 Å². The lowest BCUT2D eigenvalue weighted by Crippen LogP contribution is -2.06. The molecule has 0 aromatic heterocycles. The molecule has 0 unspecified atom stereocenters. The van der Waals surface area contributed by atoms with Gasteiger partial charge >= 0.3 is 5.69 Å². The molecule has 4 nitrogen and oxygen atoms in total. The molecule has 100 valence electrons. The SMILES string of the molecule is CSCCCCNc1cc(F)cc(F)c1[N+](=O)[O-]. The highest BCUT2D eigenvalue weighted by Gasteiger charge is 2.21. The maximum absolute atomic E-state index is 13.3. The number of nitrogens with one attached hydrogen (secondary N) is 1. The van der Waals surface area contributed by atoms with E-state index in [9.17, 15) is 18.9 Å². The van der Waals surface area contributed by atoms with E-state index in [-0.39, 0.29) is 5.69 Å². The summed E-state index contributed by atoms with van der Waals surface area (Å²) < 4.78 is 26.3. The Labute approximate surface area is 108 Å². The van der Waals surface area contributed by atoms with Crippen molar-refractivity contribution in [2.24, 2.45) is 0 Å². The predicted molar refractivity (Wildman–Crippen MR) is 69.1 cm³/mol. The van der Waals surface area contributed by atoms with Gasteiger partial charge in [-0.3, -0.25) is 10.1 Å². The molecule has 0 saturated heterocycles. The van der Waals surface area contributed by atoms with E-state index in [1.54, 1.807) is 11.8 Å². The summed E-state index contributed by atoms with van der Waals surface area (Å²) in [6.07, 6.45) is 3.72. The first-order valence-electron chi connectivity index (χ1n) is 5.42. The van der Waals surface area contributed by atoms with Crippen molar-refractivity contribution < 1.29 is 13.7 Å². The minimum atomic E-state index is -1.16. The summed E-state index contributed by atoms with van der Waals surface area (Å²) in [7, 11) is 0. The van der Waals surface area contributed by atoms with Crippen LogP contribution < -0.4 is 5.32 Å². The van der Waals surface area contributed by atoms with Crippen LogP contribution in [0.5, 0.6) is 0 Å². The van der Waals surface area contributed by atoms with Crippen LogP contribution in [-0.4, -0.2) is 23.5 Å². The maximum Gasteiger partial charge on any atom is 0.327 e. The molecule has 0 saturated carbocycles. The molecule has 0 heterocycles. The van der Waals surface area contributed by atoms with Gasteiger partial charge in [0.1, 0.15) is 11.5 Å². The van der Waals surface area contributed by atoms with Crippen molar-refractivity contribution in [2.75, 3.05) is 23.9 Å². The van der Waals surface area contributed by atoms with Gasteiger partial charge < -0.3 is 5.32 Å². The van der Waals surface area contributed by atoms with Gasteiger partial charge in [0.05, 0.1) is 4.92 Å². The third kappa shape index (κ3) is 4.14. The number of halogens is 2. The van der Waals surface area contributed by atoms with Crippen molar-refractivity contribution in [1.29, 1.82) is 0 Å². The van der Waals surface area contributed by atoms with Crippen LogP contribution >= 0.6 is 11.8 Å². The highest BCUT2D eigenvalue weighted by Crippen LogP contribution is 2.28. The van der Waals surface area contributed by atoms with Crippen LogP contribution in [0.4, 0.5) is 20.2 Å². The Morgan fingerprint density at radius 1 is 1.39 bits per heavy atom. The number of nitro groups is 1. The molecule has 0 atom stereocenters. The van der Waals surface area contributed by atoms with Gasteiger partial charge in [-0.1, -0.05) is 0 Å². The number of unbranched alkanes of at least 4 members (excludes halogenated alkanes) is 1. The molecule has 7 heteroatoms. The number of hydrogen-bond donors (Lipinski definition) is 1. The van der Waals surface area contributed by atoms with Crippen molar-refractivity contribution in [3.8, 4) is 0 Å². The van der Waals surface area contributed by atoms with E-state index in [0.29, 0.717) is 12.6 Å². The Balaban J connectivity index is 2.71. The molecule has 1 N–H and O–H groups in total. The van der Waals surface area contributed by atoms with Crippen LogP contribution in [0.1, 0.15) is 12.8 Å². The Hall–Kier alpha value is -1.37. The fraction of sp³-hybridized carbons (Fsp3) is 0.455. The summed E-state index contributed by atoms with van der Waals surface area (Å²) in [5.41, 5.74) is -0.817. The molecule has 0 spiro atoms. The molecule has 0 aliphatic heterocycles. The topological polar surface area (TPSA) is 55.2 Å². The van der Waals surface area contributed by atoms with Crippen LogP contribution in [0.2, 0.25) is 0 Å². The minimum absolute atomic E-state index is 0.110. The Morgan fingerprint density at radius 3 is 2.72 bits per heavy atom. The second kappa shape index (κ2) is 7.15. The van der Waals surface area contributed by atoms with Gasteiger partial charge in [-0.25, -0.2) is 4.39 Å². The van der Waals surface area contributed by atoms with E-state index in [1.807, 2.05) is 6.26 Å². The molecule has 1 aromatic carbocycles. The zero-order valence-electron chi connectivity index (χ0n) is 9.91. The molecule has 0 fully saturated rings. The molecular weight excluding hydrogens is 262 g/mol. The molecule has 0 amide bonds. The molecule has 0 bridgehead atoms. The van der Waals surface area contributed by atoms with Crippen molar-refractivity contribution in [1.82, 2.24) is 0 Å². The fourth-order valence-corrected chi connectivity index (χ4v) is 1.97. The van der Waals surface area contributed by atoms with E-state index in [2.05, 4.69) is 5.32 Å². The zero-order valence-corrected chi connectivity index (χ0v) is 10.7. The lowest BCUT2D eigenvalue weighted by atomic mass is 10.2. The van der Waals surface area contributed by atoms with Crippen LogP contribution in [0, 0.1) is 21.7 Å². The normalized spacial score (nSPS) is 10.4. The number of thioether (sulfide) groups is 1. The largest absolute Gasteiger partial charge is 0.379 e. The Bertz CT molecular complexity index is 430. The first-order chi connectivity index (χ1) is 8.56. The van der Waals surface area contributed by atoms with Crippen LogP contribution in [-0.2, 0) is 0 Å². The number of hydrogen-bond acceptors (Lipinski definition) is 4. The molecular formula is C11H14F2N2O2S. The number of anilines is 1. The highest BCUT2D eigenvalue weighted by atomic mass is 32.2. The summed E-state index contributed by atoms with van der Waals surface area (Å²) in [6, 6.07) is 1.45. The highest BCUT2D eigenvalue weighted by molar-refractivity contribution is 7.98. The van der Waals surface area contributed by atoms with Crippen molar-refractivity contribution >= 4 is 23.1 Å². The summed E-state index contributed by atoms with van der Waals surface area (Å²) >= 11 is 1.70. The average molecular weight is 276 g/mol. The lowest BCUT2D eigenvalue weighted by molar-refractivity contribution is -0.386. The number of nitrogens with zero attached hydrogens (tertiary/aromatic N) is 1. The Kier molecular flexibility index (Phi) is 5.84. The van der Waals surface area contributed by atoms with Gasteiger partial charge in [-0.05, 0) is 24.9 Å². The molecule has 1 rings (SSSR count). The first kappa shape index (κ1) is 14.7. The molecule has 0 aliphatic rings. The number of benzene rings is 1. The van der Waals surface area contributed by atoms with E-state index in [4.69, 9.17) is 0 Å². The minimum Gasteiger partial charge on any atom is -0.379 e. The lowest BCUT2D eigenvalue weighted by Gasteiger charge is -2.07. The van der Waals surface area contributed by atoms with Gasteiger partial charge in [0.15, 0.2) is 0 Å². The van der Waals surface area contributed by atoms with Gasteiger partial charge in [0.2, 0.25) is 5.82 Å². The molecule has 0 radical (unpaired) electrons. The van der Waals surface area contributed by atoms with Gasteiger partial charge in [-0.2, -0.15) is 16.2 Å². The van der Waals surface area contributed by atoms with Gasteiger partial charge in [0, 0.05) is 18.7 Å². The third-order valence-electron chi connectivity index (χ3n) is 2.30. The Morgan fingerprint density at radius 2 is 2.11 bits per heavy atom. The second-order valence-corrected chi connectivity index (χ2v) is 4.65. The summed E-state index contributed by atoms with van der Waals surface area (Å²) in [5, 5.41) is 13.4. The molecule has 18 heavy (non-hydrogen) atoms. The quantitative estimate of drug-likeness (QED) is 0.471. The molecule has 0 aliphatic carbocycles. The average Bonchev–Trinajstić information content (AvgIpc) is 2.27. The van der Waals surface area contributed by atoms with E-state index in [1.165, 1.54) is 0 Å². The number of rotatable bonds is 7. The van der Waals surface area contributed by atoms with Crippen molar-refractivity contribution in [3.63, 3.8) is 0 Å². The monoisotopic (exact) mass is 276 g/mol. The predicted octanol–water partition coefficient (Wildman–Crippen LogP) is 3.43. The van der Waals surface area contributed by atoms with Crippen molar-refractivity contribution in [2.45, 2.75) is 12.8 Å². The summed E-state index contributed by atoms with van der Waals surface area (Å²) in [4.78, 5) is 9.84.